The molecule has 3 heterocycles. The fourth-order valence-electron chi connectivity index (χ4n) is 4.83. The van der Waals surface area contributed by atoms with Crippen molar-refractivity contribution in [3.8, 4) is 11.5 Å². The summed E-state index contributed by atoms with van der Waals surface area (Å²) in [5.74, 6) is 1.96. The van der Waals surface area contributed by atoms with Gasteiger partial charge in [0.25, 0.3) is 0 Å². The van der Waals surface area contributed by atoms with Crippen molar-refractivity contribution in [2.75, 3.05) is 38.7 Å². The minimum Gasteiger partial charge on any atom is -0.493 e. The van der Waals surface area contributed by atoms with Gasteiger partial charge in [-0.3, -0.25) is 4.98 Å². The highest BCUT2D eigenvalue weighted by Gasteiger charge is 2.37. The molecule has 1 saturated carbocycles. The number of carbonyl (C=O) groups is 1. The van der Waals surface area contributed by atoms with Gasteiger partial charge in [-0.1, -0.05) is 0 Å². The number of amides is 1. The predicted octanol–water partition coefficient (Wildman–Crippen LogP) is 4.87. The SMILES string of the molecule is COc1cc2c3c(c(C4CC4)nc2cc1OCCCOC(=O)N1CCCC1)CC(C)(C)N3. The Hall–Kier alpha value is -2.70. The van der Waals surface area contributed by atoms with Crippen molar-refractivity contribution >= 4 is 22.7 Å². The van der Waals surface area contributed by atoms with Gasteiger partial charge in [-0.15, -0.1) is 0 Å². The minimum absolute atomic E-state index is 0.0246. The molecule has 32 heavy (non-hydrogen) atoms. The second kappa shape index (κ2) is 8.34. The lowest BCUT2D eigenvalue weighted by atomic mass is 9.97. The number of likely N-dealkylation sites (tertiary alicyclic amines) is 1. The van der Waals surface area contributed by atoms with Crippen molar-refractivity contribution in [2.45, 2.75) is 63.8 Å². The molecule has 2 fully saturated rings. The van der Waals surface area contributed by atoms with Crippen LogP contribution in [0.15, 0.2) is 12.1 Å². The molecule has 1 amide bonds. The maximum atomic E-state index is 12.0. The molecule has 7 heteroatoms. The van der Waals surface area contributed by atoms with Crippen molar-refractivity contribution in [3.63, 3.8) is 0 Å². The van der Waals surface area contributed by atoms with E-state index in [9.17, 15) is 4.79 Å². The first-order valence-electron chi connectivity index (χ1n) is 11.8. The summed E-state index contributed by atoms with van der Waals surface area (Å²) in [5.41, 5.74) is 4.76. The van der Waals surface area contributed by atoms with E-state index in [1.54, 1.807) is 12.0 Å². The molecule has 1 aromatic heterocycles. The molecule has 1 N–H and O–H groups in total. The molecule has 0 unspecified atom stereocenters. The Bertz CT molecular complexity index is 1030. The number of nitrogens with one attached hydrogen (secondary N) is 1. The van der Waals surface area contributed by atoms with Crippen LogP contribution in [0, 0.1) is 0 Å². The summed E-state index contributed by atoms with van der Waals surface area (Å²) in [5, 5.41) is 4.80. The fraction of sp³-hybridized carbons (Fsp3) is 0.600. The lowest BCUT2D eigenvalue weighted by Gasteiger charge is -2.19. The van der Waals surface area contributed by atoms with Crippen molar-refractivity contribution in [1.82, 2.24) is 9.88 Å². The van der Waals surface area contributed by atoms with Gasteiger partial charge in [-0.25, -0.2) is 4.79 Å². The number of carbonyl (C=O) groups excluding carboxylic acids is 1. The molecule has 3 aliphatic rings. The van der Waals surface area contributed by atoms with Crippen LogP contribution in [-0.4, -0.2) is 54.9 Å². The van der Waals surface area contributed by atoms with Crippen molar-refractivity contribution < 1.29 is 19.0 Å². The van der Waals surface area contributed by atoms with E-state index in [0.29, 0.717) is 37.1 Å². The average Bonchev–Trinajstić information content (AvgIpc) is 3.34. The fourth-order valence-corrected chi connectivity index (χ4v) is 4.83. The van der Waals surface area contributed by atoms with E-state index < -0.39 is 0 Å². The Morgan fingerprint density at radius 2 is 1.97 bits per heavy atom. The summed E-state index contributed by atoms with van der Waals surface area (Å²) in [7, 11) is 1.66. The van der Waals surface area contributed by atoms with Crippen LogP contribution < -0.4 is 14.8 Å². The Kier molecular flexibility index (Phi) is 5.51. The maximum absolute atomic E-state index is 12.0. The highest BCUT2D eigenvalue weighted by atomic mass is 16.6. The van der Waals surface area contributed by atoms with Crippen LogP contribution in [0.3, 0.4) is 0 Å². The van der Waals surface area contributed by atoms with Gasteiger partial charge in [0, 0.05) is 59.4 Å². The summed E-state index contributed by atoms with van der Waals surface area (Å²) in [4.78, 5) is 18.8. The van der Waals surface area contributed by atoms with Gasteiger partial charge in [-0.2, -0.15) is 0 Å². The van der Waals surface area contributed by atoms with Crippen LogP contribution in [0.2, 0.25) is 0 Å². The molecular weight excluding hydrogens is 406 g/mol. The minimum atomic E-state index is -0.216. The normalized spacial score (nSPS) is 19.0. The molecule has 0 bridgehead atoms. The molecule has 0 spiro atoms. The van der Waals surface area contributed by atoms with E-state index in [0.717, 1.165) is 43.3 Å². The Labute approximate surface area is 189 Å². The van der Waals surface area contributed by atoms with Gasteiger partial charge in [0.05, 0.1) is 25.8 Å². The Balaban J connectivity index is 1.30. The molecule has 0 atom stereocenters. The number of hydrogen-bond acceptors (Lipinski definition) is 6. The molecule has 2 aromatic rings. The van der Waals surface area contributed by atoms with Gasteiger partial charge < -0.3 is 24.4 Å². The molecular formula is C25H33N3O4. The van der Waals surface area contributed by atoms with E-state index in [1.165, 1.54) is 29.8 Å². The van der Waals surface area contributed by atoms with Crippen molar-refractivity contribution in [3.05, 3.63) is 23.4 Å². The Morgan fingerprint density at radius 3 is 2.69 bits per heavy atom. The molecule has 7 nitrogen and oxygen atoms in total. The summed E-state index contributed by atoms with van der Waals surface area (Å²) in [6, 6.07) is 4.03. The third-order valence-electron chi connectivity index (χ3n) is 6.59. The number of rotatable bonds is 7. The van der Waals surface area contributed by atoms with E-state index in [-0.39, 0.29) is 11.6 Å². The first kappa shape index (κ1) is 21.2. The van der Waals surface area contributed by atoms with Crippen LogP contribution >= 0.6 is 0 Å². The van der Waals surface area contributed by atoms with Gasteiger partial charge in [0.15, 0.2) is 11.5 Å². The molecule has 0 radical (unpaired) electrons. The van der Waals surface area contributed by atoms with Crippen LogP contribution in [0.25, 0.3) is 10.9 Å². The molecule has 5 rings (SSSR count). The third kappa shape index (κ3) is 4.17. The predicted molar refractivity (Wildman–Crippen MR) is 124 cm³/mol. The monoisotopic (exact) mass is 439 g/mol. The summed E-state index contributed by atoms with van der Waals surface area (Å²) < 4.78 is 17.0. The number of anilines is 1. The maximum Gasteiger partial charge on any atom is 0.409 e. The van der Waals surface area contributed by atoms with E-state index in [4.69, 9.17) is 19.2 Å². The number of nitrogens with zero attached hydrogens (tertiary/aromatic N) is 2. The summed E-state index contributed by atoms with van der Waals surface area (Å²) in [6.07, 6.45) is 5.98. The van der Waals surface area contributed by atoms with Crippen molar-refractivity contribution in [1.29, 1.82) is 0 Å². The number of fused-ring (bicyclic) bond motifs is 3. The van der Waals surface area contributed by atoms with Crippen LogP contribution in [0.5, 0.6) is 11.5 Å². The van der Waals surface area contributed by atoms with E-state index in [2.05, 4.69) is 19.2 Å². The average molecular weight is 440 g/mol. The zero-order valence-electron chi connectivity index (χ0n) is 19.3. The Morgan fingerprint density at radius 1 is 1.19 bits per heavy atom. The van der Waals surface area contributed by atoms with Crippen LogP contribution in [0.1, 0.15) is 63.1 Å². The topological polar surface area (TPSA) is 72.9 Å². The number of hydrogen-bond donors (Lipinski definition) is 1. The summed E-state index contributed by atoms with van der Waals surface area (Å²) in [6.45, 7) is 6.87. The molecule has 172 valence electrons. The van der Waals surface area contributed by atoms with E-state index >= 15 is 0 Å². The van der Waals surface area contributed by atoms with Gasteiger partial charge in [0.2, 0.25) is 0 Å². The largest absolute Gasteiger partial charge is 0.493 e. The number of pyridine rings is 1. The quantitative estimate of drug-likeness (QED) is 0.621. The van der Waals surface area contributed by atoms with Gasteiger partial charge in [-0.05, 0) is 52.0 Å². The summed E-state index contributed by atoms with van der Waals surface area (Å²) >= 11 is 0. The zero-order chi connectivity index (χ0) is 22.3. The molecule has 1 aromatic carbocycles. The first-order valence-corrected chi connectivity index (χ1v) is 11.8. The number of aromatic nitrogens is 1. The standard InChI is InChI=1S/C25H33N3O4/c1-25(2)15-18-22(16-7-8-16)26-19-14-21(20(30-3)13-17(19)23(18)27-25)31-11-6-12-32-24(29)28-9-4-5-10-28/h13-14,16,27H,4-12,15H2,1-3H3. The van der Waals surface area contributed by atoms with Crippen molar-refractivity contribution in [2.24, 2.45) is 0 Å². The highest BCUT2D eigenvalue weighted by molar-refractivity contribution is 5.97. The second-order valence-corrected chi connectivity index (χ2v) is 9.84. The van der Waals surface area contributed by atoms with Gasteiger partial charge in [0.1, 0.15) is 0 Å². The van der Waals surface area contributed by atoms with Crippen LogP contribution in [-0.2, 0) is 11.2 Å². The molecule has 2 aliphatic heterocycles. The van der Waals surface area contributed by atoms with Gasteiger partial charge >= 0.3 is 6.09 Å². The molecule has 1 saturated heterocycles. The number of ether oxygens (including phenoxy) is 3. The lowest BCUT2D eigenvalue weighted by Crippen LogP contribution is -2.28. The first-order chi connectivity index (χ1) is 15.4. The smallest absolute Gasteiger partial charge is 0.409 e. The third-order valence-corrected chi connectivity index (χ3v) is 6.59. The zero-order valence-corrected chi connectivity index (χ0v) is 19.3. The highest BCUT2D eigenvalue weighted by Crippen LogP contribution is 2.49. The molecule has 1 aliphatic carbocycles. The number of methoxy groups -OCH3 is 1. The lowest BCUT2D eigenvalue weighted by molar-refractivity contribution is 0.104. The second-order valence-electron chi connectivity index (χ2n) is 9.84. The number of benzene rings is 1. The van der Waals surface area contributed by atoms with E-state index in [1.807, 2.05) is 12.1 Å². The van der Waals surface area contributed by atoms with Crippen LogP contribution in [0.4, 0.5) is 10.5 Å².